The summed E-state index contributed by atoms with van der Waals surface area (Å²) in [5.41, 5.74) is 2.44. The highest BCUT2D eigenvalue weighted by atomic mass is 32.2. The summed E-state index contributed by atoms with van der Waals surface area (Å²) < 4.78 is 0. The van der Waals surface area contributed by atoms with Gasteiger partial charge in [-0.15, -0.1) is 0 Å². The van der Waals surface area contributed by atoms with Crippen LogP contribution in [-0.2, 0) is 4.84 Å². The largest absolute Gasteiger partial charge is 0.394 e. The molecule has 0 saturated carbocycles. The van der Waals surface area contributed by atoms with Crippen molar-refractivity contribution < 1.29 is 4.84 Å². The van der Waals surface area contributed by atoms with Crippen molar-refractivity contribution in [2.75, 3.05) is 12.4 Å². The van der Waals surface area contributed by atoms with E-state index in [0.717, 1.165) is 17.4 Å². The first kappa shape index (κ1) is 8.63. The molecule has 1 aromatic carbocycles. The Bertz CT molecular complexity index is 335. The molecule has 2 rings (SSSR count). The fraction of sp³-hybridized carbons (Fsp3) is 0.300. The summed E-state index contributed by atoms with van der Waals surface area (Å²) in [5, 5.41) is 5.04. The van der Waals surface area contributed by atoms with Crippen molar-refractivity contribution in [2.24, 2.45) is 5.16 Å². The second-order valence-corrected chi connectivity index (χ2v) is 3.98. The maximum atomic E-state index is 5.06. The van der Waals surface area contributed by atoms with Gasteiger partial charge in [-0.05, 0) is 12.5 Å². The molecule has 1 heterocycles. The van der Waals surface area contributed by atoms with Crippen LogP contribution in [0.25, 0.3) is 0 Å². The second kappa shape index (κ2) is 3.83. The Morgan fingerprint density at radius 1 is 1.38 bits per heavy atom. The molecule has 1 aliphatic rings. The number of oxime groups is 1. The zero-order valence-corrected chi connectivity index (χ0v) is 8.30. The normalized spacial score (nSPS) is 16.2. The number of rotatable bonds is 1. The van der Waals surface area contributed by atoms with Crippen LogP contribution in [0.1, 0.15) is 11.1 Å². The lowest BCUT2D eigenvalue weighted by Crippen LogP contribution is -2.08. The quantitative estimate of drug-likeness (QED) is 0.683. The van der Waals surface area contributed by atoms with E-state index in [1.807, 2.05) is 12.1 Å². The molecule has 0 amide bonds. The van der Waals surface area contributed by atoms with E-state index in [0.29, 0.717) is 0 Å². The molecule has 1 aromatic rings. The summed E-state index contributed by atoms with van der Waals surface area (Å²) in [7, 11) is 0. The van der Waals surface area contributed by atoms with Crippen LogP contribution >= 0.6 is 11.8 Å². The van der Waals surface area contributed by atoms with Gasteiger partial charge in [0, 0.05) is 11.3 Å². The Morgan fingerprint density at radius 3 is 2.92 bits per heavy atom. The third-order valence-corrected chi connectivity index (χ3v) is 2.88. The Hall–Kier alpha value is -0.960. The Morgan fingerprint density at radius 2 is 2.23 bits per heavy atom. The molecule has 3 heteroatoms. The molecular formula is C10H11NOS. The fourth-order valence-corrected chi connectivity index (χ4v) is 2.09. The van der Waals surface area contributed by atoms with E-state index in [2.05, 4.69) is 24.2 Å². The number of nitrogens with zero attached hydrogens (tertiary/aromatic N) is 1. The maximum Gasteiger partial charge on any atom is 0.143 e. The lowest BCUT2D eigenvalue weighted by molar-refractivity contribution is 0.160. The number of hydrogen-bond acceptors (Lipinski definition) is 3. The summed E-state index contributed by atoms with van der Waals surface area (Å²) in [6.45, 7) is 2.81. The van der Waals surface area contributed by atoms with Crippen LogP contribution in [0.5, 0.6) is 0 Å². The molecule has 0 N–H and O–H groups in total. The number of aryl methyl sites for hydroxylation is 1. The highest BCUT2D eigenvalue weighted by Crippen LogP contribution is 2.20. The standard InChI is InChI=1S/C10H11NOS/c1-8-4-2-3-5-9(8)10-11-12-6-7-13-10/h2-5H,6-7H2,1H3. The molecule has 13 heavy (non-hydrogen) atoms. The van der Waals surface area contributed by atoms with Crippen molar-refractivity contribution in [3.05, 3.63) is 35.4 Å². The van der Waals surface area contributed by atoms with Crippen molar-refractivity contribution in [2.45, 2.75) is 6.92 Å². The molecule has 0 aromatic heterocycles. The Labute approximate surface area is 82.0 Å². The van der Waals surface area contributed by atoms with Crippen molar-refractivity contribution in [1.82, 2.24) is 0 Å². The van der Waals surface area contributed by atoms with Crippen molar-refractivity contribution in [3.63, 3.8) is 0 Å². The topological polar surface area (TPSA) is 21.6 Å². The molecule has 0 radical (unpaired) electrons. The van der Waals surface area contributed by atoms with Crippen LogP contribution in [-0.4, -0.2) is 17.4 Å². The van der Waals surface area contributed by atoms with Crippen LogP contribution in [0, 0.1) is 6.92 Å². The molecule has 0 saturated heterocycles. The molecule has 68 valence electrons. The van der Waals surface area contributed by atoms with Crippen LogP contribution in [0.2, 0.25) is 0 Å². The predicted molar refractivity (Wildman–Crippen MR) is 56.1 cm³/mol. The number of benzene rings is 1. The third-order valence-electron chi connectivity index (χ3n) is 1.94. The minimum atomic E-state index is 0.722. The minimum absolute atomic E-state index is 0.722. The number of hydrogen-bond donors (Lipinski definition) is 0. The minimum Gasteiger partial charge on any atom is -0.394 e. The van der Waals surface area contributed by atoms with Crippen molar-refractivity contribution in [3.8, 4) is 0 Å². The summed E-state index contributed by atoms with van der Waals surface area (Å²) in [5.74, 6) is 0.993. The van der Waals surface area contributed by atoms with E-state index in [1.165, 1.54) is 11.1 Å². The molecule has 0 bridgehead atoms. The highest BCUT2D eigenvalue weighted by molar-refractivity contribution is 8.14. The van der Waals surface area contributed by atoms with Crippen LogP contribution in [0.15, 0.2) is 29.4 Å². The summed E-state index contributed by atoms with van der Waals surface area (Å²) in [6.07, 6.45) is 0. The van der Waals surface area contributed by atoms with E-state index in [9.17, 15) is 0 Å². The van der Waals surface area contributed by atoms with Crippen LogP contribution in [0.4, 0.5) is 0 Å². The SMILES string of the molecule is Cc1ccccc1C1=NOCCS1. The zero-order chi connectivity index (χ0) is 9.10. The smallest absolute Gasteiger partial charge is 0.143 e. The summed E-state index contributed by atoms with van der Waals surface area (Å²) in [6, 6.07) is 8.23. The Kier molecular flexibility index (Phi) is 2.54. The van der Waals surface area contributed by atoms with Gasteiger partial charge in [0.05, 0.1) is 0 Å². The lowest BCUT2D eigenvalue weighted by Gasteiger charge is -2.12. The summed E-state index contributed by atoms with van der Waals surface area (Å²) in [4.78, 5) is 5.06. The van der Waals surface area contributed by atoms with Crippen LogP contribution in [0.3, 0.4) is 0 Å². The Balaban J connectivity index is 2.34. The molecule has 0 unspecified atom stereocenters. The lowest BCUT2D eigenvalue weighted by atomic mass is 10.1. The third kappa shape index (κ3) is 1.86. The molecule has 0 aliphatic carbocycles. The van der Waals surface area contributed by atoms with E-state index >= 15 is 0 Å². The van der Waals surface area contributed by atoms with Gasteiger partial charge in [0.25, 0.3) is 0 Å². The molecular weight excluding hydrogens is 182 g/mol. The maximum absolute atomic E-state index is 5.06. The van der Waals surface area contributed by atoms with E-state index in [-0.39, 0.29) is 0 Å². The van der Waals surface area contributed by atoms with E-state index in [4.69, 9.17) is 4.84 Å². The van der Waals surface area contributed by atoms with E-state index in [1.54, 1.807) is 11.8 Å². The van der Waals surface area contributed by atoms with Gasteiger partial charge in [-0.25, -0.2) is 0 Å². The first-order chi connectivity index (χ1) is 6.38. The molecule has 0 spiro atoms. The van der Waals surface area contributed by atoms with Gasteiger partial charge in [-0.2, -0.15) is 0 Å². The molecule has 1 aliphatic heterocycles. The van der Waals surface area contributed by atoms with Crippen molar-refractivity contribution >= 4 is 16.8 Å². The van der Waals surface area contributed by atoms with Gasteiger partial charge < -0.3 is 4.84 Å². The van der Waals surface area contributed by atoms with Gasteiger partial charge in [-0.1, -0.05) is 41.2 Å². The fourth-order valence-electron chi connectivity index (χ4n) is 1.25. The number of thioether (sulfide) groups is 1. The highest BCUT2D eigenvalue weighted by Gasteiger charge is 2.11. The van der Waals surface area contributed by atoms with Crippen molar-refractivity contribution in [1.29, 1.82) is 0 Å². The monoisotopic (exact) mass is 193 g/mol. The van der Waals surface area contributed by atoms with Crippen LogP contribution < -0.4 is 0 Å². The first-order valence-corrected chi connectivity index (χ1v) is 5.25. The van der Waals surface area contributed by atoms with Gasteiger partial charge in [-0.3, -0.25) is 0 Å². The average Bonchev–Trinajstić information content (AvgIpc) is 2.20. The molecule has 0 atom stereocenters. The van der Waals surface area contributed by atoms with Gasteiger partial charge >= 0.3 is 0 Å². The van der Waals surface area contributed by atoms with E-state index < -0.39 is 0 Å². The van der Waals surface area contributed by atoms with Gasteiger partial charge in [0.15, 0.2) is 0 Å². The predicted octanol–water partition coefficient (Wildman–Crippen LogP) is 2.42. The summed E-state index contributed by atoms with van der Waals surface area (Å²) >= 11 is 1.76. The first-order valence-electron chi connectivity index (χ1n) is 4.27. The molecule has 2 nitrogen and oxygen atoms in total. The van der Waals surface area contributed by atoms with Gasteiger partial charge in [0.2, 0.25) is 0 Å². The average molecular weight is 193 g/mol. The second-order valence-electron chi connectivity index (χ2n) is 2.89. The zero-order valence-electron chi connectivity index (χ0n) is 7.49. The van der Waals surface area contributed by atoms with Gasteiger partial charge in [0.1, 0.15) is 11.7 Å². The molecule has 0 fully saturated rings.